The van der Waals surface area contributed by atoms with Crippen LogP contribution in [0.4, 0.5) is 0 Å². The van der Waals surface area contributed by atoms with Crippen molar-refractivity contribution in [2.45, 2.75) is 85.4 Å². The molecule has 0 heterocycles. The van der Waals surface area contributed by atoms with Gasteiger partial charge in [-0.2, -0.15) is 0 Å². The third-order valence-corrected chi connectivity index (χ3v) is 22.6. The number of hydrogen-bond donors (Lipinski definition) is 0. The first-order valence-electron chi connectivity index (χ1n) is 27.5. The van der Waals surface area contributed by atoms with E-state index in [-0.39, 0.29) is 23.7 Å². The third-order valence-electron chi connectivity index (χ3n) is 15.3. The molecule has 0 N–H and O–H groups in total. The summed E-state index contributed by atoms with van der Waals surface area (Å²) < 4.78 is 21.3. The summed E-state index contributed by atoms with van der Waals surface area (Å²) in [7, 11) is 0. The van der Waals surface area contributed by atoms with Crippen LogP contribution in [-0.4, -0.2) is 37.5 Å². The number of benzene rings is 9. The maximum atomic E-state index is 15.9. The second-order valence-corrected chi connectivity index (χ2v) is 27.2. The fraction of sp³-hybridized carbons (Fsp3) is 0.197. The van der Waals surface area contributed by atoms with Crippen LogP contribution in [0, 0.1) is 0 Å². The zero-order chi connectivity index (χ0) is 53.9. The Morgan fingerprint density at radius 2 is 0.462 bits per heavy atom. The quantitative estimate of drug-likeness (QED) is 0.0322. The van der Waals surface area contributed by atoms with Crippen molar-refractivity contribution < 1.29 is 23.6 Å². The summed E-state index contributed by atoms with van der Waals surface area (Å²) in [5, 5.41) is 0. The van der Waals surface area contributed by atoms with Gasteiger partial charge < -0.3 is 0 Å². The summed E-state index contributed by atoms with van der Waals surface area (Å²) >= 11 is -5.98. The summed E-state index contributed by atoms with van der Waals surface area (Å²) in [6.45, 7) is 2.18. The average Bonchev–Trinajstić information content (AvgIpc) is 3.57. The molecule has 9 aromatic carbocycles. The van der Waals surface area contributed by atoms with Gasteiger partial charge in [0.25, 0.3) is 0 Å². The number of hydrogen-bond acceptors (Lipinski definition) is 6. The van der Waals surface area contributed by atoms with Crippen LogP contribution < -0.4 is 0 Å². The van der Waals surface area contributed by atoms with Crippen LogP contribution in [0.3, 0.4) is 0 Å². The van der Waals surface area contributed by atoms with Crippen molar-refractivity contribution in [1.29, 1.82) is 0 Å². The molecule has 0 aliphatic rings. The van der Waals surface area contributed by atoms with Gasteiger partial charge in [-0.15, -0.1) is 0 Å². The van der Waals surface area contributed by atoms with E-state index in [1.807, 2.05) is 273 Å². The summed E-state index contributed by atoms with van der Waals surface area (Å²) in [6, 6.07) is 89.9. The van der Waals surface area contributed by atoms with Crippen molar-refractivity contribution in [1.82, 2.24) is 0 Å². The molecule has 6 nitrogen and oxygen atoms in total. The van der Waals surface area contributed by atoms with E-state index < -0.39 is 53.8 Å². The van der Waals surface area contributed by atoms with E-state index >= 15 is 14.4 Å². The zero-order valence-electron chi connectivity index (χ0n) is 44.5. The van der Waals surface area contributed by atoms with Crippen LogP contribution in [0.25, 0.3) is 0 Å². The molecule has 78 heavy (non-hydrogen) atoms. The average molecular weight is 1140 g/mol. The van der Waals surface area contributed by atoms with E-state index in [2.05, 4.69) is 6.92 Å². The zero-order valence-corrected chi connectivity index (χ0v) is 47.4. The van der Waals surface area contributed by atoms with Gasteiger partial charge >= 0.3 is 470 Å². The molecule has 0 aromatic heterocycles. The van der Waals surface area contributed by atoms with Gasteiger partial charge in [0.1, 0.15) is 0 Å². The molecule has 0 radical (unpaired) electrons. The summed E-state index contributed by atoms with van der Waals surface area (Å²) in [4.78, 5) is 47.6. The van der Waals surface area contributed by atoms with Gasteiger partial charge in [0.05, 0.1) is 0 Å². The second kappa shape index (κ2) is 26.5. The molecule has 0 spiro atoms. The molecule has 0 aliphatic carbocycles. The molecule has 9 aromatic rings. The van der Waals surface area contributed by atoms with E-state index in [0.717, 1.165) is 82.2 Å². The van der Waals surface area contributed by atoms with E-state index in [9.17, 15) is 0 Å². The fourth-order valence-corrected chi connectivity index (χ4v) is 18.3. The van der Waals surface area contributed by atoms with Crippen molar-refractivity contribution >= 4 is 37.5 Å². The molecule has 392 valence electrons. The van der Waals surface area contributed by atoms with Gasteiger partial charge in [0.2, 0.25) is 0 Å². The Balaban J connectivity index is 1.21. The molecule has 0 atom stereocenters. The van der Waals surface area contributed by atoms with Gasteiger partial charge in [-0.25, -0.2) is 0 Å². The van der Waals surface area contributed by atoms with Gasteiger partial charge in [-0.3, -0.25) is 0 Å². The first kappa shape index (κ1) is 55.0. The molecule has 0 amide bonds. The number of carbonyl (C=O) groups excluding carboxylic acids is 3. The maximum absolute atomic E-state index is 15.9. The third kappa shape index (κ3) is 12.5. The van der Waals surface area contributed by atoms with Crippen LogP contribution >= 0.6 is 0 Å². The van der Waals surface area contributed by atoms with E-state index in [4.69, 9.17) is 9.22 Å². The van der Waals surface area contributed by atoms with E-state index in [1.54, 1.807) is 0 Å². The Morgan fingerprint density at radius 3 is 0.654 bits per heavy atom. The molecule has 7 heteroatoms. The molecule has 0 unspecified atom stereocenters. The summed E-state index contributed by atoms with van der Waals surface area (Å²) in [5.74, 6) is -1.89. The topological polar surface area (TPSA) is 78.9 Å². The predicted molar refractivity (Wildman–Crippen MR) is 314 cm³/mol. The Labute approximate surface area is 466 Å². The summed E-state index contributed by atoms with van der Waals surface area (Å²) in [5.41, 5.74) is 4.72. The minimum atomic E-state index is -5.98. The van der Waals surface area contributed by atoms with Crippen molar-refractivity contribution in [2.75, 3.05) is 0 Å². The van der Waals surface area contributed by atoms with Crippen molar-refractivity contribution in [3.63, 3.8) is 0 Å². The second-order valence-electron chi connectivity index (χ2n) is 20.2. The first-order chi connectivity index (χ1) is 38.3. The van der Waals surface area contributed by atoms with Gasteiger partial charge in [-0.05, 0) is 0 Å². The molecular weight excluding hydrogens is 1070 g/mol. The van der Waals surface area contributed by atoms with E-state index in [1.165, 1.54) is 0 Å². The number of unbranched alkanes of at least 4 members (excludes halogenated alkanes) is 5. The molecule has 9 rings (SSSR count). The van der Waals surface area contributed by atoms with Gasteiger partial charge in [0.15, 0.2) is 0 Å². The molecule has 0 bridgehead atoms. The van der Waals surface area contributed by atoms with Crippen LogP contribution in [0.15, 0.2) is 273 Å². The Bertz CT molecular complexity index is 2620. The first-order valence-corrected chi connectivity index (χ1v) is 33.0. The van der Waals surface area contributed by atoms with Crippen molar-refractivity contribution in [2.24, 2.45) is 0 Å². The Kier molecular flexibility index (Phi) is 18.7. The van der Waals surface area contributed by atoms with Crippen LogP contribution in [0.2, 0.25) is 4.44 Å². The standard InChI is InChI=1S/3C21H18O2.C8H17.Sn/c3*22-20(23)16-21(17-10-4-1-5-11-17,18-12-6-2-7-13-18)19-14-8-3-9-15-19;1-3-5-7-8-6-4-2;/h3*1-15H,16H2,(H,22,23);1,3-8H2,2H3;/q;;;;+3/p-3. The van der Waals surface area contributed by atoms with Gasteiger partial charge in [0, 0.05) is 0 Å². The number of carbonyl (C=O) groups is 3. The number of rotatable bonds is 25. The monoisotopic (exact) mass is 1140 g/mol. The van der Waals surface area contributed by atoms with Crippen molar-refractivity contribution in [3.05, 3.63) is 323 Å². The van der Waals surface area contributed by atoms with Crippen LogP contribution in [0.5, 0.6) is 0 Å². The molecule has 0 aliphatic heterocycles. The molecule has 0 fully saturated rings. The normalized spacial score (nSPS) is 11.8. The van der Waals surface area contributed by atoms with Crippen LogP contribution in [0.1, 0.15) is 115 Å². The van der Waals surface area contributed by atoms with Crippen LogP contribution in [-0.2, 0) is 39.9 Å². The molecule has 0 saturated heterocycles. The van der Waals surface area contributed by atoms with Crippen molar-refractivity contribution in [3.8, 4) is 0 Å². The minimum absolute atomic E-state index is 0.100. The molecule has 0 saturated carbocycles. The SMILES string of the molecule is CCCCCCC[CH2][Sn]([O]C(=O)CC(c1ccccc1)(c1ccccc1)c1ccccc1)([O]C(=O)CC(c1ccccc1)(c1ccccc1)c1ccccc1)[O]C(=O)CC(c1ccccc1)(c1ccccc1)c1ccccc1. The van der Waals surface area contributed by atoms with E-state index in [0.29, 0.717) is 6.42 Å². The Morgan fingerprint density at radius 1 is 0.282 bits per heavy atom. The molecular formula is C71H68O6Sn. The van der Waals surface area contributed by atoms with Gasteiger partial charge in [-0.1, -0.05) is 0 Å². The predicted octanol–water partition coefficient (Wildman–Crippen LogP) is 16.2. The summed E-state index contributed by atoms with van der Waals surface area (Å²) in [6.07, 6.45) is 4.82. The Hall–Kier alpha value is -7.81. The fourth-order valence-electron chi connectivity index (χ4n) is 11.5.